The Balaban J connectivity index is 1.84. The van der Waals surface area contributed by atoms with Gasteiger partial charge >= 0.3 is 0 Å². The molecule has 0 fully saturated rings. The molecule has 1 aliphatic heterocycles. The van der Waals surface area contributed by atoms with Crippen LogP contribution in [-0.4, -0.2) is 26.1 Å². The smallest absolute Gasteiger partial charge is 0.257 e. The van der Waals surface area contributed by atoms with Gasteiger partial charge in [-0.3, -0.25) is 4.40 Å². The normalized spacial score (nSPS) is 14.2. The second-order valence-electron chi connectivity index (χ2n) is 6.25. The van der Waals surface area contributed by atoms with Crippen LogP contribution in [-0.2, 0) is 6.42 Å². The molecular weight excluding hydrogens is 465 g/mol. The maximum atomic E-state index is 14.3. The molecule has 0 saturated heterocycles. The molecule has 4 aromatic rings. The highest BCUT2D eigenvalue weighted by atomic mass is 79.9. The lowest BCUT2D eigenvalue weighted by molar-refractivity contribution is 0.623. The highest BCUT2D eigenvalue weighted by molar-refractivity contribution is 9.10. The molecule has 0 unspecified atom stereocenters. The van der Waals surface area contributed by atoms with Gasteiger partial charge in [-0.05, 0) is 58.6 Å². The summed E-state index contributed by atoms with van der Waals surface area (Å²) in [7, 11) is 0. The number of nitrogens with zero attached hydrogens (tertiary/aromatic N) is 5. The second-order valence-corrected chi connectivity index (χ2v) is 8.02. The lowest BCUT2D eigenvalue weighted by Crippen LogP contribution is -2.26. The van der Waals surface area contributed by atoms with E-state index in [2.05, 4.69) is 59.1 Å². The summed E-state index contributed by atoms with van der Waals surface area (Å²) in [5, 5.41) is 8.80. The van der Waals surface area contributed by atoms with Crippen molar-refractivity contribution >= 4 is 60.0 Å². The van der Waals surface area contributed by atoms with Crippen molar-refractivity contribution in [1.82, 2.24) is 19.6 Å². The van der Waals surface area contributed by atoms with Gasteiger partial charge in [0.2, 0.25) is 0 Å². The number of benzene rings is 2. The lowest BCUT2D eigenvalue weighted by Gasteiger charge is -2.31. The first-order chi connectivity index (χ1) is 12.6. The van der Waals surface area contributed by atoms with Gasteiger partial charge in [-0.1, -0.05) is 22.0 Å². The number of rotatable bonds is 1. The molecule has 0 N–H and O–H groups in total. The third-order valence-electron chi connectivity index (χ3n) is 4.70. The van der Waals surface area contributed by atoms with Gasteiger partial charge in [0.05, 0.1) is 9.99 Å². The summed E-state index contributed by atoms with van der Waals surface area (Å²) in [6.07, 6.45) is 3.62. The molecule has 0 amide bonds. The first-order valence-electron chi connectivity index (χ1n) is 8.16. The Morgan fingerprint density at radius 2 is 2.00 bits per heavy atom. The van der Waals surface area contributed by atoms with Crippen LogP contribution in [0, 0.1) is 5.82 Å². The molecule has 8 heteroatoms. The van der Waals surface area contributed by atoms with Gasteiger partial charge in [-0.2, -0.15) is 4.98 Å². The van der Waals surface area contributed by atoms with Gasteiger partial charge in [0.1, 0.15) is 18.0 Å². The van der Waals surface area contributed by atoms with Gasteiger partial charge in [0.15, 0.2) is 0 Å². The lowest BCUT2D eigenvalue weighted by atomic mass is 10.0. The van der Waals surface area contributed by atoms with Crippen LogP contribution in [0.5, 0.6) is 0 Å². The van der Waals surface area contributed by atoms with Crippen LogP contribution in [0.2, 0.25) is 0 Å². The maximum Gasteiger partial charge on any atom is 0.257 e. The van der Waals surface area contributed by atoms with E-state index in [-0.39, 0.29) is 5.82 Å². The molecule has 1 aliphatic rings. The van der Waals surface area contributed by atoms with Crippen molar-refractivity contribution in [2.75, 3.05) is 11.4 Å². The van der Waals surface area contributed by atoms with Crippen molar-refractivity contribution in [2.45, 2.75) is 12.8 Å². The van der Waals surface area contributed by atoms with Crippen LogP contribution in [0.15, 0.2) is 45.6 Å². The van der Waals surface area contributed by atoms with Crippen LogP contribution in [0.1, 0.15) is 12.0 Å². The molecule has 130 valence electrons. The van der Waals surface area contributed by atoms with Crippen molar-refractivity contribution in [3.8, 4) is 0 Å². The molecule has 5 nitrogen and oxygen atoms in total. The van der Waals surface area contributed by atoms with Crippen molar-refractivity contribution in [1.29, 1.82) is 0 Å². The average molecular weight is 477 g/mol. The Bertz CT molecular complexity index is 1170. The number of halogens is 3. The first-order valence-corrected chi connectivity index (χ1v) is 9.75. The van der Waals surface area contributed by atoms with Crippen LogP contribution in [0.3, 0.4) is 0 Å². The standard InChI is InChI=1S/C18H12Br2FN5/c19-11-4-3-10-2-1-5-25(15(10)6-11)17-12-7-14(21)13(20)8-16(12)26-9-22-24-18(26)23-17/h3-4,6-9H,1-2,5H2. The molecule has 0 bridgehead atoms. The van der Waals surface area contributed by atoms with Crippen molar-refractivity contribution in [3.63, 3.8) is 0 Å². The average Bonchev–Trinajstić information content (AvgIpc) is 3.10. The molecule has 26 heavy (non-hydrogen) atoms. The number of hydrogen-bond donors (Lipinski definition) is 0. The predicted octanol–water partition coefficient (Wildman–Crippen LogP) is 5.03. The highest BCUT2D eigenvalue weighted by Crippen LogP contribution is 2.38. The number of anilines is 2. The highest BCUT2D eigenvalue weighted by Gasteiger charge is 2.23. The maximum absolute atomic E-state index is 14.3. The molecule has 2 aromatic carbocycles. The minimum atomic E-state index is -0.320. The zero-order chi connectivity index (χ0) is 17.8. The van der Waals surface area contributed by atoms with E-state index in [1.165, 1.54) is 11.6 Å². The Morgan fingerprint density at radius 1 is 1.12 bits per heavy atom. The van der Waals surface area contributed by atoms with Gasteiger partial charge in [0.25, 0.3) is 5.78 Å². The summed E-state index contributed by atoms with van der Waals surface area (Å²) in [6, 6.07) is 9.53. The van der Waals surface area contributed by atoms with Crippen molar-refractivity contribution < 1.29 is 4.39 Å². The van der Waals surface area contributed by atoms with E-state index in [0.29, 0.717) is 16.1 Å². The molecule has 0 radical (unpaired) electrons. The summed E-state index contributed by atoms with van der Waals surface area (Å²) >= 11 is 6.83. The molecule has 0 spiro atoms. The van der Waals surface area contributed by atoms with Crippen LogP contribution >= 0.6 is 31.9 Å². The molecule has 5 rings (SSSR count). The summed E-state index contributed by atoms with van der Waals surface area (Å²) in [5.41, 5.74) is 3.16. The van der Waals surface area contributed by atoms with Gasteiger partial charge in [0, 0.05) is 22.1 Å². The SMILES string of the molecule is Fc1cc2c(N3CCCc4ccc(Br)cc43)nc3nncn3c2cc1Br. The summed E-state index contributed by atoms with van der Waals surface area (Å²) < 4.78 is 17.5. The van der Waals surface area contributed by atoms with Gasteiger partial charge in [-0.15, -0.1) is 10.2 Å². The summed E-state index contributed by atoms with van der Waals surface area (Å²) in [6.45, 7) is 0.813. The first kappa shape index (κ1) is 16.1. The zero-order valence-electron chi connectivity index (χ0n) is 13.5. The molecule has 0 saturated carbocycles. The van der Waals surface area contributed by atoms with Gasteiger partial charge in [-0.25, -0.2) is 4.39 Å². The fraction of sp³-hybridized carbons (Fsp3) is 0.167. The number of hydrogen-bond acceptors (Lipinski definition) is 4. The van der Waals surface area contributed by atoms with Crippen LogP contribution in [0.25, 0.3) is 16.7 Å². The van der Waals surface area contributed by atoms with Crippen LogP contribution < -0.4 is 4.90 Å². The summed E-state index contributed by atoms with van der Waals surface area (Å²) in [4.78, 5) is 6.85. The van der Waals surface area contributed by atoms with Crippen LogP contribution in [0.4, 0.5) is 15.9 Å². The Labute approximate surface area is 165 Å². The van der Waals surface area contributed by atoms with Crippen molar-refractivity contribution in [3.05, 3.63) is 57.0 Å². The molecule has 0 aliphatic carbocycles. The number of aryl methyl sites for hydroxylation is 1. The van der Waals surface area contributed by atoms with E-state index in [9.17, 15) is 4.39 Å². The van der Waals surface area contributed by atoms with Crippen molar-refractivity contribution in [2.24, 2.45) is 0 Å². The zero-order valence-corrected chi connectivity index (χ0v) is 16.6. The minimum Gasteiger partial charge on any atom is -0.325 e. The Hall–Kier alpha value is -2.06. The summed E-state index contributed by atoms with van der Waals surface area (Å²) in [5.74, 6) is 0.874. The molecule has 0 atom stereocenters. The second kappa shape index (κ2) is 5.99. The molecule has 2 aromatic heterocycles. The van der Waals surface area contributed by atoms with E-state index < -0.39 is 0 Å². The monoisotopic (exact) mass is 475 g/mol. The van der Waals surface area contributed by atoms with E-state index in [1.54, 1.807) is 16.8 Å². The van der Waals surface area contributed by atoms with E-state index >= 15 is 0 Å². The predicted molar refractivity (Wildman–Crippen MR) is 105 cm³/mol. The topological polar surface area (TPSA) is 46.3 Å². The minimum absolute atomic E-state index is 0.320. The fourth-order valence-electron chi connectivity index (χ4n) is 3.52. The van der Waals surface area contributed by atoms with Gasteiger partial charge < -0.3 is 4.90 Å². The molecular formula is C18H12Br2FN5. The van der Waals surface area contributed by atoms with E-state index in [1.807, 2.05) is 6.07 Å². The fourth-order valence-corrected chi connectivity index (χ4v) is 4.20. The third-order valence-corrected chi connectivity index (χ3v) is 5.80. The Morgan fingerprint density at radius 3 is 2.88 bits per heavy atom. The number of fused-ring (bicyclic) bond motifs is 4. The largest absolute Gasteiger partial charge is 0.325 e. The van der Waals surface area contributed by atoms with E-state index in [0.717, 1.165) is 40.4 Å². The van der Waals surface area contributed by atoms with E-state index in [4.69, 9.17) is 4.98 Å². The third kappa shape index (κ3) is 2.43. The quantitative estimate of drug-likeness (QED) is 0.386. The number of aromatic nitrogens is 4. The molecule has 3 heterocycles. The Kier molecular flexibility index (Phi) is 3.72.